The van der Waals surface area contributed by atoms with Crippen molar-refractivity contribution < 1.29 is 9.90 Å². The molecule has 1 N–H and O–H groups in total. The van der Waals surface area contributed by atoms with Crippen LogP contribution in [0.3, 0.4) is 0 Å². The smallest absolute Gasteiger partial charge is 0.315 e. The van der Waals surface area contributed by atoms with Crippen LogP contribution in [0.25, 0.3) is 0 Å². The normalized spacial score (nSPS) is 12.1. The number of hydrogen-bond donors (Lipinski definition) is 1. The zero-order valence-electron chi connectivity index (χ0n) is 10.4. The number of rotatable bonds is 3. The molecular weight excluding hydrogens is 226 g/mol. The number of aliphatic carboxylic acids is 1. The summed E-state index contributed by atoms with van der Waals surface area (Å²) >= 11 is 0. The highest BCUT2D eigenvalue weighted by Gasteiger charge is 2.22. The molecule has 0 aliphatic heterocycles. The maximum atomic E-state index is 11.5. The van der Waals surface area contributed by atoms with Gasteiger partial charge in [0, 0.05) is 12.4 Å². The van der Waals surface area contributed by atoms with Crippen LogP contribution in [0.1, 0.15) is 28.2 Å². The van der Waals surface area contributed by atoms with Gasteiger partial charge in [-0.1, -0.05) is 18.2 Å². The second-order valence-corrected chi connectivity index (χ2v) is 4.40. The van der Waals surface area contributed by atoms with Crippen LogP contribution in [0.5, 0.6) is 0 Å². The monoisotopic (exact) mass is 241 g/mol. The third-order valence-electron chi connectivity index (χ3n) is 3.15. The molecule has 3 heteroatoms. The molecule has 0 saturated carbocycles. The van der Waals surface area contributed by atoms with E-state index in [9.17, 15) is 9.90 Å². The molecule has 0 aliphatic carbocycles. The zero-order chi connectivity index (χ0) is 13.1. The van der Waals surface area contributed by atoms with E-state index in [0.29, 0.717) is 0 Å². The van der Waals surface area contributed by atoms with E-state index < -0.39 is 11.9 Å². The number of hydrogen-bond acceptors (Lipinski definition) is 2. The summed E-state index contributed by atoms with van der Waals surface area (Å²) < 4.78 is 0. The van der Waals surface area contributed by atoms with Crippen molar-refractivity contribution in [1.29, 1.82) is 0 Å². The van der Waals surface area contributed by atoms with Crippen molar-refractivity contribution in [3.05, 3.63) is 65.0 Å². The largest absolute Gasteiger partial charge is 0.481 e. The minimum absolute atomic E-state index is 0.632. The first-order valence-electron chi connectivity index (χ1n) is 5.79. The Morgan fingerprint density at radius 3 is 2.28 bits per heavy atom. The van der Waals surface area contributed by atoms with Gasteiger partial charge in [-0.05, 0) is 48.2 Å². The van der Waals surface area contributed by atoms with Gasteiger partial charge in [-0.3, -0.25) is 9.78 Å². The summed E-state index contributed by atoms with van der Waals surface area (Å²) in [5.74, 6) is -1.48. The first-order valence-corrected chi connectivity index (χ1v) is 5.79. The van der Waals surface area contributed by atoms with Gasteiger partial charge < -0.3 is 5.11 Å². The molecule has 1 heterocycles. The Labute approximate surface area is 106 Å². The van der Waals surface area contributed by atoms with Gasteiger partial charge in [-0.15, -0.1) is 0 Å². The maximum absolute atomic E-state index is 11.5. The fourth-order valence-electron chi connectivity index (χ4n) is 1.98. The molecule has 1 aromatic carbocycles. The summed E-state index contributed by atoms with van der Waals surface area (Å²) in [5.41, 5.74) is 3.82. The number of carboxylic acid groups (broad SMARTS) is 1. The Balaban J connectivity index is 2.49. The van der Waals surface area contributed by atoms with Crippen molar-refractivity contribution in [2.24, 2.45) is 0 Å². The fraction of sp³-hybridized carbons (Fsp3) is 0.200. The SMILES string of the molecule is Cc1ccc(C(C(=O)O)c2ccncc2)cc1C. The van der Waals surface area contributed by atoms with Crippen LogP contribution >= 0.6 is 0 Å². The number of aryl methyl sites for hydroxylation is 2. The molecule has 1 aromatic heterocycles. The average molecular weight is 241 g/mol. The van der Waals surface area contributed by atoms with E-state index in [1.807, 2.05) is 32.0 Å². The predicted octanol–water partition coefficient (Wildman–Crippen LogP) is 2.91. The van der Waals surface area contributed by atoms with E-state index >= 15 is 0 Å². The van der Waals surface area contributed by atoms with E-state index in [-0.39, 0.29) is 0 Å². The van der Waals surface area contributed by atoms with Crippen molar-refractivity contribution in [1.82, 2.24) is 4.98 Å². The molecule has 3 nitrogen and oxygen atoms in total. The van der Waals surface area contributed by atoms with Crippen LogP contribution < -0.4 is 0 Å². The van der Waals surface area contributed by atoms with Crippen LogP contribution in [0.2, 0.25) is 0 Å². The second kappa shape index (κ2) is 5.00. The highest BCUT2D eigenvalue weighted by molar-refractivity contribution is 5.80. The molecule has 0 bridgehead atoms. The van der Waals surface area contributed by atoms with Crippen molar-refractivity contribution in [3.63, 3.8) is 0 Å². The predicted molar refractivity (Wildman–Crippen MR) is 69.6 cm³/mol. The Morgan fingerprint density at radius 2 is 1.72 bits per heavy atom. The molecule has 0 saturated heterocycles. The first-order chi connectivity index (χ1) is 8.59. The van der Waals surface area contributed by atoms with Gasteiger partial charge in [-0.25, -0.2) is 0 Å². The Bertz CT molecular complexity index is 564. The minimum atomic E-state index is -0.843. The quantitative estimate of drug-likeness (QED) is 0.898. The molecule has 1 unspecified atom stereocenters. The summed E-state index contributed by atoms with van der Waals surface area (Å²) in [6.07, 6.45) is 3.23. The van der Waals surface area contributed by atoms with Crippen LogP contribution in [0, 0.1) is 13.8 Å². The molecular formula is C15H15NO2. The Hall–Kier alpha value is -2.16. The summed E-state index contributed by atoms with van der Waals surface area (Å²) in [5, 5.41) is 9.42. The number of pyridine rings is 1. The Morgan fingerprint density at radius 1 is 1.06 bits per heavy atom. The summed E-state index contributed by atoms with van der Waals surface area (Å²) in [6.45, 7) is 4.01. The van der Waals surface area contributed by atoms with Crippen molar-refractivity contribution in [2.45, 2.75) is 19.8 Å². The standard InChI is InChI=1S/C15H15NO2/c1-10-3-4-13(9-11(10)2)14(15(17)18)12-5-7-16-8-6-12/h3-9,14H,1-2H3,(H,17,18). The van der Waals surface area contributed by atoms with Gasteiger partial charge in [0.25, 0.3) is 0 Å². The molecule has 18 heavy (non-hydrogen) atoms. The van der Waals surface area contributed by atoms with Crippen molar-refractivity contribution in [3.8, 4) is 0 Å². The van der Waals surface area contributed by atoms with E-state index in [4.69, 9.17) is 0 Å². The number of aromatic nitrogens is 1. The lowest BCUT2D eigenvalue weighted by Crippen LogP contribution is -2.13. The van der Waals surface area contributed by atoms with Gasteiger partial charge in [0.05, 0.1) is 0 Å². The summed E-state index contributed by atoms with van der Waals surface area (Å²) in [4.78, 5) is 15.4. The van der Waals surface area contributed by atoms with Crippen LogP contribution in [-0.2, 0) is 4.79 Å². The average Bonchev–Trinajstić information content (AvgIpc) is 2.35. The number of carboxylic acids is 1. The first kappa shape index (κ1) is 12.3. The van der Waals surface area contributed by atoms with Gasteiger partial charge in [0.2, 0.25) is 0 Å². The molecule has 0 amide bonds. The number of benzene rings is 1. The Kier molecular flexibility index (Phi) is 3.42. The molecule has 2 aromatic rings. The van der Waals surface area contributed by atoms with E-state index in [0.717, 1.165) is 22.3 Å². The van der Waals surface area contributed by atoms with Crippen molar-refractivity contribution >= 4 is 5.97 Å². The molecule has 0 fully saturated rings. The molecule has 92 valence electrons. The van der Waals surface area contributed by atoms with Gasteiger partial charge >= 0.3 is 5.97 Å². The minimum Gasteiger partial charge on any atom is -0.481 e. The molecule has 1 atom stereocenters. The highest BCUT2D eigenvalue weighted by atomic mass is 16.4. The molecule has 0 aliphatic rings. The highest BCUT2D eigenvalue weighted by Crippen LogP contribution is 2.26. The van der Waals surface area contributed by atoms with Gasteiger partial charge in [0.15, 0.2) is 0 Å². The van der Waals surface area contributed by atoms with Crippen LogP contribution in [0.15, 0.2) is 42.7 Å². The molecule has 0 spiro atoms. The van der Waals surface area contributed by atoms with Gasteiger partial charge in [-0.2, -0.15) is 0 Å². The van der Waals surface area contributed by atoms with Crippen LogP contribution in [0.4, 0.5) is 0 Å². The van der Waals surface area contributed by atoms with Crippen LogP contribution in [-0.4, -0.2) is 16.1 Å². The number of nitrogens with zero attached hydrogens (tertiary/aromatic N) is 1. The topological polar surface area (TPSA) is 50.2 Å². The third kappa shape index (κ3) is 2.40. The van der Waals surface area contributed by atoms with E-state index in [1.165, 1.54) is 0 Å². The summed E-state index contributed by atoms with van der Waals surface area (Å²) in [6, 6.07) is 9.26. The summed E-state index contributed by atoms with van der Waals surface area (Å²) in [7, 11) is 0. The van der Waals surface area contributed by atoms with Gasteiger partial charge in [0.1, 0.15) is 5.92 Å². The lowest BCUT2D eigenvalue weighted by atomic mass is 9.90. The van der Waals surface area contributed by atoms with E-state index in [2.05, 4.69) is 4.98 Å². The lowest BCUT2D eigenvalue weighted by Gasteiger charge is -2.14. The lowest BCUT2D eigenvalue weighted by molar-refractivity contribution is -0.137. The van der Waals surface area contributed by atoms with E-state index in [1.54, 1.807) is 24.5 Å². The maximum Gasteiger partial charge on any atom is 0.315 e. The molecule has 2 rings (SSSR count). The van der Waals surface area contributed by atoms with Crippen molar-refractivity contribution in [2.75, 3.05) is 0 Å². The zero-order valence-corrected chi connectivity index (χ0v) is 10.4. The fourth-order valence-corrected chi connectivity index (χ4v) is 1.98. The number of carbonyl (C=O) groups is 1. The second-order valence-electron chi connectivity index (χ2n) is 4.40. The molecule has 0 radical (unpaired) electrons. The third-order valence-corrected chi connectivity index (χ3v) is 3.15.